The molecule has 1 atom stereocenters. The first-order chi connectivity index (χ1) is 14.4. The Kier molecular flexibility index (Phi) is 8.82. The summed E-state index contributed by atoms with van der Waals surface area (Å²) >= 11 is 0. The predicted molar refractivity (Wildman–Crippen MR) is 111 cm³/mol. The van der Waals surface area contributed by atoms with E-state index in [0.717, 1.165) is 6.42 Å². The van der Waals surface area contributed by atoms with Crippen molar-refractivity contribution in [3.05, 3.63) is 41.1 Å². The molecule has 9 heteroatoms. The Morgan fingerprint density at radius 3 is 2.43 bits per heavy atom. The molecular weight excluding hydrogens is 390 g/mol. The second kappa shape index (κ2) is 11.3. The molecule has 1 aromatic carbocycles. The Labute approximate surface area is 176 Å². The molecule has 0 saturated carbocycles. The minimum atomic E-state index is -0.663. The molecular formula is C21H29N3O6. The number of rotatable bonds is 10. The van der Waals surface area contributed by atoms with Crippen LogP contribution in [0.2, 0.25) is 0 Å². The van der Waals surface area contributed by atoms with E-state index in [1.807, 2.05) is 6.92 Å². The second-order valence-corrected chi connectivity index (χ2v) is 6.77. The largest absolute Gasteiger partial charge is 0.460 e. The molecule has 0 spiro atoms. The van der Waals surface area contributed by atoms with Gasteiger partial charge in [-0.3, -0.25) is 9.69 Å². The lowest BCUT2D eigenvalue weighted by molar-refractivity contribution is -0.141. The van der Waals surface area contributed by atoms with Gasteiger partial charge in [0.1, 0.15) is 13.2 Å². The molecule has 1 aliphatic heterocycles. The molecule has 0 aromatic heterocycles. The summed E-state index contributed by atoms with van der Waals surface area (Å²) in [5.74, 6) is -0.780. The van der Waals surface area contributed by atoms with Crippen LogP contribution in [0.4, 0.5) is 10.5 Å². The van der Waals surface area contributed by atoms with Crippen LogP contribution in [0.15, 0.2) is 35.5 Å². The van der Waals surface area contributed by atoms with Gasteiger partial charge in [-0.1, -0.05) is 19.1 Å². The highest BCUT2D eigenvalue weighted by Gasteiger charge is 2.36. The zero-order valence-corrected chi connectivity index (χ0v) is 17.8. The van der Waals surface area contributed by atoms with Crippen LogP contribution in [-0.2, 0) is 23.8 Å². The molecule has 1 unspecified atom stereocenters. The number of methoxy groups -OCH3 is 2. The number of benzene rings is 1. The molecule has 2 rings (SSSR count). The summed E-state index contributed by atoms with van der Waals surface area (Å²) in [6, 6.07) is 5.97. The number of esters is 1. The van der Waals surface area contributed by atoms with Gasteiger partial charge < -0.3 is 24.8 Å². The average molecular weight is 419 g/mol. The van der Waals surface area contributed by atoms with Gasteiger partial charge in [0.05, 0.1) is 18.2 Å². The highest BCUT2D eigenvalue weighted by molar-refractivity contribution is 5.95. The third kappa shape index (κ3) is 5.80. The van der Waals surface area contributed by atoms with E-state index in [2.05, 4.69) is 10.6 Å². The summed E-state index contributed by atoms with van der Waals surface area (Å²) in [5, 5.41) is 5.60. The average Bonchev–Trinajstić information content (AvgIpc) is 2.71. The van der Waals surface area contributed by atoms with Crippen LogP contribution in [0.5, 0.6) is 0 Å². The van der Waals surface area contributed by atoms with Crippen molar-refractivity contribution in [1.82, 2.24) is 10.2 Å². The SMILES string of the molecule is CCCN1C(=O)NC(c2ccc(NC(=O)COC)cc2)C(C(=O)OCCOC)=C1C. The molecule has 1 aliphatic rings. The number of amides is 3. The summed E-state index contributed by atoms with van der Waals surface area (Å²) in [4.78, 5) is 38.7. The van der Waals surface area contributed by atoms with E-state index < -0.39 is 12.0 Å². The minimum Gasteiger partial charge on any atom is -0.460 e. The molecule has 30 heavy (non-hydrogen) atoms. The number of urea groups is 1. The number of hydrogen-bond acceptors (Lipinski definition) is 6. The van der Waals surface area contributed by atoms with Gasteiger partial charge in [-0.05, 0) is 31.0 Å². The topological polar surface area (TPSA) is 106 Å². The fourth-order valence-electron chi connectivity index (χ4n) is 3.17. The third-order valence-corrected chi connectivity index (χ3v) is 4.59. The quantitative estimate of drug-likeness (QED) is 0.445. The van der Waals surface area contributed by atoms with E-state index in [4.69, 9.17) is 14.2 Å². The zero-order chi connectivity index (χ0) is 22.1. The lowest BCUT2D eigenvalue weighted by atomic mass is 9.94. The van der Waals surface area contributed by atoms with Crippen molar-refractivity contribution in [2.24, 2.45) is 0 Å². The Morgan fingerprint density at radius 2 is 1.83 bits per heavy atom. The van der Waals surface area contributed by atoms with Crippen molar-refractivity contribution in [2.45, 2.75) is 26.3 Å². The second-order valence-electron chi connectivity index (χ2n) is 6.77. The third-order valence-electron chi connectivity index (χ3n) is 4.59. The summed E-state index contributed by atoms with van der Waals surface area (Å²) in [6.07, 6.45) is 0.747. The molecule has 0 radical (unpaired) electrons. The van der Waals surface area contributed by atoms with Crippen molar-refractivity contribution in [1.29, 1.82) is 0 Å². The Hall–Kier alpha value is -2.91. The standard InChI is InChI=1S/C21H29N3O6/c1-5-10-24-14(2)18(20(26)30-12-11-28-3)19(23-21(24)27)15-6-8-16(9-7-15)22-17(25)13-29-4/h6-9,19H,5,10-13H2,1-4H3,(H,22,25)(H,23,27). The van der Waals surface area contributed by atoms with Crippen LogP contribution in [0.25, 0.3) is 0 Å². The maximum atomic E-state index is 12.8. The summed E-state index contributed by atoms with van der Waals surface area (Å²) in [5.41, 5.74) is 2.21. The summed E-state index contributed by atoms with van der Waals surface area (Å²) in [7, 11) is 2.97. The normalized spacial score (nSPS) is 16.3. The highest BCUT2D eigenvalue weighted by Crippen LogP contribution is 2.32. The van der Waals surface area contributed by atoms with Crippen LogP contribution in [-0.4, -0.2) is 63.4 Å². The number of carbonyl (C=O) groups is 3. The van der Waals surface area contributed by atoms with Crippen molar-refractivity contribution in [3.8, 4) is 0 Å². The maximum absolute atomic E-state index is 12.8. The number of nitrogens with zero attached hydrogens (tertiary/aromatic N) is 1. The van der Waals surface area contributed by atoms with Crippen molar-refractivity contribution in [2.75, 3.05) is 45.9 Å². The number of ether oxygens (including phenoxy) is 3. The fourth-order valence-corrected chi connectivity index (χ4v) is 3.17. The first-order valence-corrected chi connectivity index (χ1v) is 9.76. The number of nitrogens with one attached hydrogen (secondary N) is 2. The molecule has 3 amide bonds. The monoisotopic (exact) mass is 419 g/mol. The predicted octanol–water partition coefficient (Wildman–Crippen LogP) is 2.21. The van der Waals surface area contributed by atoms with Crippen molar-refractivity contribution in [3.63, 3.8) is 0 Å². The van der Waals surface area contributed by atoms with Crippen LogP contribution >= 0.6 is 0 Å². The Balaban J connectivity index is 2.31. The molecule has 0 aliphatic carbocycles. The Morgan fingerprint density at radius 1 is 1.13 bits per heavy atom. The Bertz CT molecular complexity index is 790. The van der Waals surface area contributed by atoms with E-state index in [9.17, 15) is 14.4 Å². The molecule has 0 saturated heterocycles. The van der Waals surface area contributed by atoms with Crippen molar-refractivity contribution < 1.29 is 28.6 Å². The van der Waals surface area contributed by atoms with Gasteiger partial charge in [0, 0.05) is 32.1 Å². The van der Waals surface area contributed by atoms with Gasteiger partial charge >= 0.3 is 12.0 Å². The number of anilines is 1. The zero-order valence-electron chi connectivity index (χ0n) is 17.8. The van der Waals surface area contributed by atoms with Crippen LogP contribution in [0.1, 0.15) is 31.9 Å². The van der Waals surface area contributed by atoms with Gasteiger partial charge in [-0.25, -0.2) is 9.59 Å². The van der Waals surface area contributed by atoms with Gasteiger partial charge in [-0.2, -0.15) is 0 Å². The molecule has 9 nitrogen and oxygen atoms in total. The van der Waals surface area contributed by atoms with Gasteiger partial charge in [-0.15, -0.1) is 0 Å². The first kappa shape index (κ1) is 23.4. The fraction of sp³-hybridized carbons (Fsp3) is 0.476. The van der Waals surface area contributed by atoms with E-state index >= 15 is 0 Å². The number of allylic oxidation sites excluding steroid dienone is 1. The molecule has 1 heterocycles. The number of hydrogen-bond donors (Lipinski definition) is 2. The highest BCUT2D eigenvalue weighted by atomic mass is 16.6. The van der Waals surface area contributed by atoms with Crippen LogP contribution < -0.4 is 10.6 Å². The molecule has 0 fully saturated rings. The van der Waals surface area contributed by atoms with E-state index in [0.29, 0.717) is 29.1 Å². The van der Waals surface area contributed by atoms with Crippen LogP contribution in [0.3, 0.4) is 0 Å². The van der Waals surface area contributed by atoms with Gasteiger partial charge in [0.25, 0.3) is 0 Å². The van der Waals surface area contributed by atoms with E-state index in [-0.39, 0.29) is 31.8 Å². The molecule has 2 N–H and O–H groups in total. The first-order valence-electron chi connectivity index (χ1n) is 9.76. The van der Waals surface area contributed by atoms with Gasteiger partial charge in [0.15, 0.2) is 0 Å². The molecule has 1 aromatic rings. The minimum absolute atomic E-state index is 0.0485. The smallest absolute Gasteiger partial charge is 0.338 e. The molecule has 164 valence electrons. The maximum Gasteiger partial charge on any atom is 0.338 e. The lowest BCUT2D eigenvalue weighted by Gasteiger charge is -2.35. The van der Waals surface area contributed by atoms with Gasteiger partial charge in [0.2, 0.25) is 5.91 Å². The molecule has 0 bridgehead atoms. The van der Waals surface area contributed by atoms with E-state index in [1.54, 1.807) is 36.1 Å². The van der Waals surface area contributed by atoms with Crippen molar-refractivity contribution >= 4 is 23.6 Å². The summed E-state index contributed by atoms with van der Waals surface area (Å²) in [6.45, 7) is 4.54. The lowest BCUT2D eigenvalue weighted by Crippen LogP contribution is -2.48. The van der Waals surface area contributed by atoms with Crippen LogP contribution in [0, 0.1) is 0 Å². The number of carbonyl (C=O) groups excluding carboxylic acids is 3. The summed E-state index contributed by atoms with van der Waals surface area (Å²) < 4.78 is 15.1. The van der Waals surface area contributed by atoms with E-state index in [1.165, 1.54) is 14.2 Å².